The number of fused-ring (bicyclic) bond motifs is 1. The smallest absolute Gasteiger partial charge is 0.407 e. The van der Waals surface area contributed by atoms with Gasteiger partial charge in [-0.3, -0.25) is 9.78 Å². The lowest BCUT2D eigenvalue weighted by molar-refractivity contribution is 0.0969. The van der Waals surface area contributed by atoms with Crippen LogP contribution in [0.5, 0.6) is 5.75 Å². The Morgan fingerprint density at radius 2 is 1.83 bits per heavy atom. The van der Waals surface area contributed by atoms with Gasteiger partial charge in [0.05, 0.1) is 28.4 Å². The molecule has 42 heavy (non-hydrogen) atoms. The van der Waals surface area contributed by atoms with Gasteiger partial charge in [-0.25, -0.2) is 9.59 Å². The number of amides is 3. The Morgan fingerprint density at radius 1 is 1.10 bits per heavy atom. The number of likely N-dealkylation sites (tertiary alicyclic amines) is 1. The lowest BCUT2D eigenvalue weighted by atomic mass is 9.98. The maximum Gasteiger partial charge on any atom is 0.407 e. The van der Waals surface area contributed by atoms with Crippen molar-refractivity contribution in [3.05, 3.63) is 81.4 Å². The Hall–Kier alpha value is -4.57. The minimum absolute atomic E-state index is 0.169. The van der Waals surface area contributed by atoms with Crippen LogP contribution in [0.3, 0.4) is 0 Å². The summed E-state index contributed by atoms with van der Waals surface area (Å²) in [6.07, 6.45) is 5.21. The van der Waals surface area contributed by atoms with Crippen molar-refractivity contribution in [1.82, 2.24) is 14.9 Å². The van der Waals surface area contributed by atoms with Gasteiger partial charge in [-0.1, -0.05) is 40.9 Å². The second-order valence-electron chi connectivity index (χ2n) is 10.5. The lowest BCUT2D eigenvalue weighted by Gasteiger charge is -2.33. The van der Waals surface area contributed by atoms with Crippen molar-refractivity contribution < 1.29 is 19.4 Å². The zero-order valence-electron chi connectivity index (χ0n) is 23.4. The van der Waals surface area contributed by atoms with Gasteiger partial charge in [0.25, 0.3) is 5.56 Å². The number of H-pyrrole nitrogens is 1. The third kappa shape index (κ3) is 6.49. The minimum atomic E-state index is -0.937. The van der Waals surface area contributed by atoms with Crippen LogP contribution >= 0.6 is 11.6 Å². The average Bonchev–Trinajstić information content (AvgIpc) is 2.94. The number of urea groups is 1. The van der Waals surface area contributed by atoms with E-state index in [-0.39, 0.29) is 23.2 Å². The van der Waals surface area contributed by atoms with Gasteiger partial charge < -0.3 is 30.4 Å². The molecule has 2 aromatic heterocycles. The summed E-state index contributed by atoms with van der Waals surface area (Å²) in [5.74, 6) is 0.339. The third-order valence-corrected chi connectivity index (χ3v) is 7.63. The van der Waals surface area contributed by atoms with E-state index in [4.69, 9.17) is 16.3 Å². The van der Waals surface area contributed by atoms with Gasteiger partial charge in [0.15, 0.2) is 0 Å². The Bertz CT molecular complexity index is 1670. The van der Waals surface area contributed by atoms with Gasteiger partial charge in [-0.15, -0.1) is 0 Å². The maximum absolute atomic E-state index is 13.5. The number of hydrogen-bond acceptors (Lipinski definition) is 5. The SMILES string of the molecule is Cc1cc(C)cc(-c2c(OCCC3CCCCN3C(=O)O)c3cc(NC(=O)Nc4ccncc4)c(Cl)cc3[nH]c2=O)c1. The quantitative estimate of drug-likeness (QED) is 0.187. The minimum Gasteiger partial charge on any atom is -0.492 e. The van der Waals surface area contributed by atoms with Gasteiger partial charge in [-0.05, 0) is 62.9 Å². The number of pyridine rings is 2. The van der Waals surface area contributed by atoms with Crippen molar-refractivity contribution in [3.8, 4) is 16.9 Å². The summed E-state index contributed by atoms with van der Waals surface area (Å²) in [6.45, 7) is 4.60. The maximum atomic E-state index is 13.5. The zero-order valence-corrected chi connectivity index (χ0v) is 24.1. The predicted molar refractivity (Wildman–Crippen MR) is 164 cm³/mol. The average molecular weight is 590 g/mol. The molecule has 0 saturated carbocycles. The molecule has 1 aliphatic rings. The van der Waals surface area contributed by atoms with Gasteiger partial charge in [0, 0.05) is 42.5 Å². The number of carbonyl (C=O) groups is 2. The first-order chi connectivity index (χ1) is 20.2. The molecule has 0 spiro atoms. The number of benzene rings is 2. The van der Waals surface area contributed by atoms with Crippen molar-refractivity contribution in [2.24, 2.45) is 0 Å². The molecule has 0 bridgehead atoms. The number of carbonyl (C=O) groups excluding carboxylic acids is 1. The fourth-order valence-corrected chi connectivity index (χ4v) is 5.69. The number of carboxylic acid groups (broad SMARTS) is 1. The Labute approximate surface area is 247 Å². The number of piperidine rings is 1. The summed E-state index contributed by atoms with van der Waals surface area (Å²) in [5.41, 5.74) is 3.99. The van der Waals surface area contributed by atoms with Crippen molar-refractivity contribution in [2.45, 2.75) is 45.6 Å². The number of ether oxygens (including phenoxy) is 1. The second kappa shape index (κ2) is 12.5. The first-order valence-electron chi connectivity index (χ1n) is 13.8. The van der Waals surface area contributed by atoms with E-state index in [0.717, 1.165) is 30.4 Å². The molecule has 4 aromatic rings. The monoisotopic (exact) mass is 589 g/mol. The van der Waals surface area contributed by atoms with E-state index >= 15 is 0 Å². The van der Waals surface area contributed by atoms with E-state index < -0.39 is 12.1 Å². The summed E-state index contributed by atoms with van der Waals surface area (Å²) in [6, 6.07) is 11.7. The topological polar surface area (TPSA) is 137 Å². The number of nitrogens with zero attached hydrogens (tertiary/aromatic N) is 2. The highest BCUT2D eigenvalue weighted by molar-refractivity contribution is 6.34. The molecule has 218 valence electrons. The van der Waals surface area contributed by atoms with Crippen molar-refractivity contribution in [3.63, 3.8) is 0 Å². The fraction of sp³-hybridized carbons (Fsp3) is 0.290. The largest absolute Gasteiger partial charge is 0.492 e. The normalized spacial score (nSPS) is 14.9. The second-order valence-corrected chi connectivity index (χ2v) is 10.9. The lowest BCUT2D eigenvalue weighted by Crippen LogP contribution is -2.43. The zero-order chi connectivity index (χ0) is 29.8. The number of rotatable bonds is 7. The molecule has 11 heteroatoms. The first-order valence-corrected chi connectivity index (χ1v) is 14.2. The molecule has 1 saturated heterocycles. The van der Waals surface area contributed by atoms with E-state index in [9.17, 15) is 19.5 Å². The Morgan fingerprint density at radius 3 is 2.55 bits per heavy atom. The number of nitrogens with one attached hydrogen (secondary N) is 3. The van der Waals surface area contributed by atoms with E-state index in [1.165, 1.54) is 4.90 Å². The van der Waals surface area contributed by atoms with Gasteiger partial charge >= 0.3 is 12.1 Å². The highest BCUT2D eigenvalue weighted by Crippen LogP contribution is 2.38. The number of aromatic nitrogens is 2. The van der Waals surface area contributed by atoms with Crippen LogP contribution in [-0.2, 0) is 0 Å². The summed E-state index contributed by atoms with van der Waals surface area (Å²) < 4.78 is 6.37. The third-order valence-electron chi connectivity index (χ3n) is 7.32. The molecule has 3 amide bonds. The number of aromatic amines is 1. The molecule has 1 atom stereocenters. The van der Waals surface area contributed by atoms with Gasteiger partial charge in [-0.2, -0.15) is 0 Å². The number of halogens is 1. The summed E-state index contributed by atoms with van der Waals surface area (Å²) >= 11 is 6.53. The van der Waals surface area contributed by atoms with Crippen molar-refractivity contribution in [2.75, 3.05) is 23.8 Å². The number of anilines is 2. The fourth-order valence-electron chi connectivity index (χ4n) is 5.48. The summed E-state index contributed by atoms with van der Waals surface area (Å²) in [4.78, 5) is 46.4. The molecular formula is C31H32ClN5O5. The van der Waals surface area contributed by atoms with Crippen LogP contribution in [0.15, 0.2) is 59.7 Å². The van der Waals surface area contributed by atoms with E-state index in [2.05, 4.69) is 20.6 Å². The van der Waals surface area contributed by atoms with Crippen LogP contribution in [0.4, 0.5) is 21.0 Å². The molecule has 5 rings (SSSR count). The van der Waals surface area contributed by atoms with Crippen LogP contribution in [0, 0.1) is 13.8 Å². The molecule has 4 N–H and O–H groups in total. The first kappa shape index (κ1) is 28.9. The molecule has 3 heterocycles. The molecular weight excluding hydrogens is 558 g/mol. The van der Waals surface area contributed by atoms with E-state index in [1.807, 2.05) is 32.0 Å². The summed E-state index contributed by atoms with van der Waals surface area (Å²) in [7, 11) is 0. The highest BCUT2D eigenvalue weighted by atomic mass is 35.5. The molecule has 1 aliphatic heterocycles. The molecule has 1 unspecified atom stereocenters. The number of hydrogen-bond donors (Lipinski definition) is 4. The highest BCUT2D eigenvalue weighted by Gasteiger charge is 2.27. The predicted octanol–water partition coefficient (Wildman–Crippen LogP) is 6.81. The standard InChI is InChI=1S/C31H32ClN5O5/c1-18-13-19(2)15-20(14-18)27-28(42-12-8-22-5-3-4-11-37(22)31(40)41)23-16-26(24(32)17-25(23)35-29(27)38)36-30(39)34-21-6-9-33-10-7-21/h6-7,9-10,13-17,22H,3-5,8,11-12H2,1-2H3,(H,35,38)(H,40,41)(H2,33,34,36,39). The molecule has 0 aliphatic carbocycles. The molecule has 0 radical (unpaired) electrons. The van der Waals surface area contributed by atoms with Crippen molar-refractivity contribution in [1.29, 1.82) is 0 Å². The van der Waals surface area contributed by atoms with E-state index in [1.54, 1.807) is 36.7 Å². The Kier molecular flexibility index (Phi) is 8.63. The molecule has 2 aromatic carbocycles. The van der Waals surface area contributed by atoms with E-state index in [0.29, 0.717) is 52.1 Å². The summed E-state index contributed by atoms with van der Waals surface area (Å²) in [5, 5.41) is 15.9. The molecule has 1 fully saturated rings. The van der Waals surface area contributed by atoms with Gasteiger partial charge in [0.2, 0.25) is 0 Å². The van der Waals surface area contributed by atoms with Crippen LogP contribution in [0.25, 0.3) is 22.0 Å². The number of aryl methyl sites for hydroxylation is 2. The van der Waals surface area contributed by atoms with Crippen LogP contribution in [0.2, 0.25) is 5.02 Å². The van der Waals surface area contributed by atoms with Crippen molar-refractivity contribution >= 4 is 46.0 Å². The van der Waals surface area contributed by atoms with Gasteiger partial charge in [0.1, 0.15) is 5.75 Å². The van der Waals surface area contributed by atoms with Crippen LogP contribution < -0.4 is 20.9 Å². The Balaban J connectivity index is 1.54. The van der Waals surface area contributed by atoms with Crippen LogP contribution in [-0.4, -0.2) is 51.3 Å². The molecule has 10 nitrogen and oxygen atoms in total. The van der Waals surface area contributed by atoms with Crippen LogP contribution in [0.1, 0.15) is 36.8 Å².